The van der Waals surface area contributed by atoms with Gasteiger partial charge < -0.3 is 10.2 Å². The molecule has 1 aromatic carbocycles. The summed E-state index contributed by atoms with van der Waals surface area (Å²) in [7, 11) is -3.31. The highest BCUT2D eigenvalue weighted by atomic mass is 32.2. The Hall–Kier alpha value is -1.60. The molecular weight excluding hydrogens is 350 g/mol. The van der Waals surface area contributed by atoms with Crippen LogP contribution in [0, 0.1) is 0 Å². The van der Waals surface area contributed by atoms with Crippen LogP contribution in [0.1, 0.15) is 49.5 Å². The minimum Gasteiger partial charge on any atom is -0.349 e. The van der Waals surface area contributed by atoms with Crippen molar-refractivity contribution < 1.29 is 13.2 Å². The molecular formula is C19H29N3O3S. The fourth-order valence-electron chi connectivity index (χ4n) is 4.08. The van der Waals surface area contributed by atoms with Crippen molar-refractivity contribution in [3.05, 3.63) is 29.3 Å². The Labute approximate surface area is 156 Å². The van der Waals surface area contributed by atoms with Crippen LogP contribution >= 0.6 is 0 Å². The molecule has 7 heteroatoms. The Kier molecular flexibility index (Phi) is 5.30. The summed E-state index contributed by atoms with van der Waals surface area (Å²) in [6, 6.07) is 5.97. The molecule has 1 saturated heterocycles. The fraction of sp³-hybridized carbons (Fsp3) is 0.632. The summed E-state index contributed by atoms with van der Waals surface area (Å²) in [4.78, 5) is 15.1. The van der Waals surface area contributed by atoms with Crippen molar-refractivity contribution >= 4 is 21.6 Å². The smallest absolute Gasteiger partial charge is 0.251 e. The van der Waals surface area contributed by atoms with Crippen LogP contribution < -0.4 is 9.62 Å². The second-order valence-corrected chi connectivity index (χ2v) is 9.69. The number of carbonyl (C=O) groups is 1. The van der Waals surface area contributed by atoms with E-state index in [9.17, 15) is 13.2 Å². The van der Waals surface area contributed by atoms with Crippen molar-refractivity contribution in [1.29, 1.82) is 0 Å². The molecule has 1 amide bonds. The molecule has 1 N–H and O–H groups in total. The minimum atomic E-state index is -3.31. The Morgan fingerprint density at radius 1 is 1.23 bits per heavy atom. The fourth-order valence-corrected chi connectivity index (χ4v) is 5.34. The number of likely N-dealkylation sites (tertiary alicyclic amines) is 1. The number of nitrogens with one attached hydrogen (secondary N) is 1. The van der Waals surface area contributed by atoms with Crippen molar-refractivity contribution in [3.8, 4) is 0 Å². The van der Waals surface area contributed by atoms with Gasteiger partial charge in [0, 0.05) is 36.8 Å². The lowest BCUT2D eigenvalue weighted by atomic mass is 10.0. The Bertz CT molecular complexity index is 783. The van der Waals surface area contributed by atoms with Gasteiger partial charge in [0.2, 0.25) is 10.0 Å². The van der Waals surface area contributed by atoms with Crippen molar-refractivity contribution in [3.63, 3.8) is 0 Å². The highest BCUT2D eigenvalue weighted by Crippen LogP contribution is 2.34. The Morgan fingerprint density at radius 3 is 2.46 bits per heavy atom. The molecule has 0 bridgehead atoms. The number of carbonyl (C=O) groups excluding carboxylic acids is 1. The molecule has 0 spiro atoms. The second kappa shape index (κ2) is 7.19. The maximum Gasteiger partial charge on any atom is 0.251 e. The largest absolute Gasteiger partial charge is 0.349 e. The van der Waals surface area contributed by atoms with Gasteiger partial charge in [0.05, 0.1) is 11.9 Å². The molecule has 0 unspecified atom stereocenters. The van der Waals surface area contributed by atoms with Crippen LogP contribution in [0.15, 0.2) is 18.2 Å². The first kappa shape index (κ1) is 19.2. The van der Waals surface area contributed by atoms with Gasteiger partial charge >= 0.3 is 0 Å². The third kappa shape index (κ3) is 3.88. The van der Waals surface area contributed by atoms with E-state index in [1.54, 1.807) is 12.1 Å². The predicted octanol–water partition coefficient (Wildman–Crippen LogP) is 2.00. The Balaban J connectivity index is 1.68. The molecule has 1 fully saturated rings. The van der Waals surface area contributed by atoms with Crippen LogP contribution in [0.4, 0.5) is 5.69 Å². The van der Waals surface area contributed by atoms with E-state index in [1.807, 2.05) is 13.0 Å². The van der Waals surface area contributed by atoms with Crippen LogP contribution in [-0.4, -0.2) is 56.7 Å². The molecule has 2 aliphatic heterocycles. The van der Waals surface area contributed by atoms with E-state index in [0.717, 1.165) is 31.5 Å². The van der Waals surface area contributed by atoms with Gasteiger partial charge in [-0.3, -0.25) is 9.10 Å². The lowest BCUT2D eigenvalue weighted by Crippen LogP contribution is -2.46. The molecule has 3 rings (SSSR count). The highest BCUT2D eigenvalue weighted by molar-refractivity contribution is 7.92. The third-order valence-corrected chi connectivity index (χ3v) is 6.72. The van der Waals surface area contributed by atoms with Crippen LogP contribution in [0.2, 0.25) is 0 Å². The predicted molar refractivity (Wildman–Crippen MR) is 104 cm³/mol. The summed E-state index contributed by atoms with van der Waals surface area (Å²) in [6.45, 7) is 8.30. The van der Waals surface area contributed by atoms with Gasteiger partial charge in [0.15, 0.2) is 0 Å². The number of rotatable bonds is 4. The Morgan fingerprint density at radius 2 is 1.88 bits per heavy atom. The summed E-state index contributed by atoms with van der Waals surface area (Å²) < 4.78 is 25.5. The topological polar surface area (TPSA) is 69.7 Å². The normalized spacial score (nSPS) is 21.9. The summed E-state index contributed by atoms with van der Waals surface area (Å²) in [5.74, 6) is -0.0683. The maximum atomic E-state index is 12.6. The zero-order valence-electron chi connectivity index (χ0n) is 16.0. The van der Waals surface area contributed by atoms with Gasteiger partial charge in [-0.1, -0.05) is 0 Å². The van der Waals surface area contributed by atoms with Crippen molar-refractivity contribution in [1.82, 2.24) is 10.2 Å². The van der Waals surface area contributed by atoms with E-state index in [1.165, 1.54) is 10.6 Å². The van der Waals surface area contributed by atoms with E-state index in [2.05, 4.69) is 24.1 Å². The van der Waals surface area contributed by atoms with Gasteiger partial charge in [-0.05, 0) is 63.8 Å². The maximum absolute atomic E-state index is 12.6. The van der Waals surface area contributed by atoms with Gasteiger partial charge in [-0.25, -0.2) is 8.42 Å². The van der Waals surface area contributed by atoms with E-state index in [-0.39, 0.29) is 18.0 Å². The van der Waals surface area contributed by atoms with E-state index in [4.69, 9.17) is 0 Å². The van der Waals surface area contributed by atoms with Gasteiger partial charge in [-0.2, -0.15) is 0 Å². The monoisotopic (exact) mass is 379 g/mol. The summed E-state index contributed by atoms with van der Waals surface area (Å²) in [5, 5.41) is 3.14. The highest BCUT2D eigenvalue weighted by Gasteiger charge is 2.33. The number of piperidine rings is 1. The van der Waals surface area contributed by atoms with Crippen LogP contribution in [0.25, 0.3) is 0 Å². The summed E-state index contributed by atoms with van der Waals surface area (Å²) in [5.41, 5.74) is 2.23. The standard InChI is InChI=1S/C19H29N3O3S/c1-13(2)21-9-7-17(8-10-21)20-19(23)15-5-6-18-16(12-15)11-14(3)22(18)26(4,24)25/h5-6,12-14,17H,7-11H2,1-4H3,(H,20,23)/t14-/m1/s1. The first-order valence-corrected chi connectivity index (χ1v) is 11.2. The van der Waals surface area contributed by atoms with Crippen LogP contribution in [-0.2, 0) is 16.4 Å². The number of fused-ring (bicyclic) bond motifs is 1. The molecule has 0 saturated carbocycles. The van der Waals surface area contributed by atoms with E-state index in [0.29, 0.717) is 23.7 Å². The number of benzene rings is 1. The van der Waals surface area contributed by atoms with E-state index < -0.39 is 10.0 Å². The summed E-state index contributed by atoms with van der Waals surface area (Å²) >= 11 is 0. The van der Waals surface area contributed by atoms with Crippen molar-refractivity contribution in [2.75, 3.05) is 23.7 Å². The SMILES string of the molecule is CC(C)N1CCC(NC(=O)c2ccc3c(c2)C[C@@H](C)N3S(C)(=O)=O)CC1. The number of sulfonamides is 1. The molecule has 1 aromatic rings. The molecule has 0 radical (unpaired) electrons. The summed E-state index contributed by atoms with van der Waals surface area (Å²) in [6.07, 6.45) is 3.79. The number of hydrogen-bond acceptors (Lipinski definition) is 4. The molecule has 0 aliphatic carbocycles. The number of hydrogen-bond donors (Lipinski definition) is 1. The molecule has 144 valence electrons. The quantitative estimate of drug-likeness (QED) is 0.869. The third-order valence-electron chi connectivity index (χ3n) is 5.45. The number of amides is 1. The molecule has 2 heterocycles. The molecule has 26 heavy (non-hydrogen) atoms. The zero-order chi connectivity index (χ0) is 19.1. The lowest BCUT2D eigenvalue weighted by molar-refractivity contribution is 0.0900. The number of anilines is 1. The molecule has 2 aliphatic rings. The first-order chi connectivity index (χ1) is 12.2. The van der Waals surface area contributed by atoms with Crippen LogP contribution in [0.5, 0.6) is 0 Å². The second-order valence-electron chi connectivity index (χ2n) is 7.83. The first-order valence-electron chi connectivity index (χ1n) is 9.34. The average molecular weight is 380 g/mol. The van der Waals surface area contributed by atoms with Gasteiger partial charge in [0.25, 0.3) is 5.91 Å². The van der Waals surface area contributed by atoms with Crippen molar-refractivity contribution in [2.24, 2.45) is 0 Å². The van der Waals surface area contributed by atoms with Gasteiger partial charge in [-0.15, -0.1) is 0 Å². The van der Waals surface area contributed by atoms with Crippen molar-refractivity contribution in [2.45, 2.75) is 58.2 Å². The van der Waals surface area contributed by atoms with E-state index >= 15 is 0 Å². The zero-order valence-corrected chi connectivity index (χ0v) is 16.8. The molecule has 0 aromatic heterocycles. The minimum absolute atomic E-state index is 0.0683. The van der Waals surface area contributed by atoms with Gasteiger partial charge in [0.1, 0.15) is 0 Å². The molecule has 1 atom stereocenters. The number of nitrogens with zero attached hydrogens (tertiary/aromatic N) is 2. The average Bonchev–Trinajstić information content (AvgIpc) is 2.90. The lowest BCUT2D eigenvalue weighted by Gasteiger charge is -2.34. The molecule has 6 nitrogen and oxygen atoms in total. The van der Waals surface area contributed by atoms with Crippen LogP contribution in [0.3, 0.4) is 0 Å².